The van der Waals surface area contributed by atoms with Crippen LogP contribution in [0.4, 0.5) is 16.2 Å². The quantitative estimate of drug-likeness (QED) is 0.526. The van der Waals surface area contributed by atoms with E-state index >= 15 is 0 Å². The molecule has 2 amide bonds. The van der Waals surface area contributed by atoms with Crippen molar-refractivity contribution >= 4 is 23.1 Å². The van der Waals surface area contributed by atoms with Crippen LogP contribution < -0.4 is 10.6 Å². The number of aryl methyl sites for hydroxylation is 2. The molecule has 0 spiro atoms. The monoisotopic (exact) mass is 356 g/mol. The SMILES string of the molecule is Cc1ccc(C)c(NC(=O)Nc2cccc(-c3cn4ccccc4n3)c2)c1. The molecule has 0 unspecified atom stereocenters. The van der Waals surface area contributed by atoms with Gasteiger partial charge < -0.3 is 15.0 Å². The van der Waals surface area contributed by atoms with Crippen LogP contribution in [0.2, 0.25) is 0 Å². The lowest BCUT2D eigenvalue weighted by Crippen LogP contribution is -2.20. The maximum Gasteiger partial charge on any atom is 0.323 e. The van der Waals surface area contributed by atoms with E-state index in [-0.39, 0.29) is 6.03 Å². The number of rotatable bonds is 3. The molecule has 2 aromatic heterocycles. The van der Waals surface area contributed by atoms with Crippen LogP contribution in [0.1, 0.15) is 11.1 Å². The highest BCUT2D eigenvalue weighted by Gasteiger charge is 2.08. The highest BCUT2D eigenvalue weighted by atomic mass is 16.2. The fourth-order valence-electron chi connectivity index (χ4n) is 2.99. The van der Waals surface area contributed by atoms with Gasteiger partial charge in [-0.25, -0.2) is 9.78 Å². The first-order valence-corrected chi connectivity index (χ1v) is 8.78. The van der Waals surface area contributed by atoms with Gasteiger partial charge in [-0.2, -0.15) is 0 Å². The minimum absolute atomic E-state index is 0.268. The molecule has 0 aliphatic rings. The fraction of sp³-hybridized carbons (Fsp3) is 0.0909. The van der Waals surface area contributed by atoms with Gasteiger partial charge in [0, 0.05) is 29.3 Å². The number of carbonyl (C=O) groups is 1. The molecule has 4 rings (SSSR count). The van der Waals surface area contributed by atoms with Crippen LogP contribution in [-0.2, 0) is 0 Å². The summed E-state index contributed by atoms with van der Waals surface area (Å²) in [6.45, 7) is 3.97. The molecule has 5 heteroatoms. The first kappa shape index (κ1) is 16.8. The molecule has 0 fully saturated rings. The van der Waals surface area contributed by atoms with Crippen LogP contribution in [0.25, 0.3) is 16.9 Å². The van der Waals surface area contributed by atoms with E-state index < -0.39 is 0 Å². The van der Waals surface area contributed by atoms with Crippen LogP contribution in [0.15, 0.2) is 73.1 Å². The molecular weight excluding hydrogens is 336 g/mol. The Hall–Kier alpha value is -3.60. The van der Waals surface area contributed by atoms with Crippen molar-refractivity contribution in [1.82, 2.24) is 9.38 Å². The third kappa shape index (κ3) is 3.67. The number of hydrogen-bond acceptors (Lipinski definition) is 2. The number of pyridine rings is 1. The Kier molecular flexibility index (Phi) is 4.34. The zero-order chi connectivity index (χ0) is 18.8. The minimum Gasteiger partial charge on any atom is -0.308 e. The second kappa shape index (κ2) is 6.96. The van der Waals surface area contributed by atoms with Crippen molar-refractivity contribution in [1.29, 1.82) is 0 Å². The normalized spacial score (nSPS) is 10.7. The van der Waals surface area contributed by atoms with Crippen molar-refractivity contribution in [2.75, 3.05) is 10.6 Å². The van der Waals surface area contributed by atoms with E-state index in [2.05, 4.69) is 15.6 Å². The zero-order valence-electron chi connectivity index (χ0n) is 15.2. The number of imidazole rings is 1. The van der Waals surface area contributed by atoms with Gasteiger partial charge in [-0.3, -0.25) is 0 Å². The van der Waals surface area contributed by atoms with E-state index in [1.165, 1.54) is 0 Å². The number of anilines is 2. The average Bonchev–Trinajstić information content (AvgIpc) is 3.09. The third-order valence-electron chi connectivity index (χ3n) is 4.42. The van der Waals surface area contributed by atoms with E-state index in [9.17, 15) is 4.79 Å². The van der Waals surface area contributed by atoms with Crippen molar-refractivity contribution in [3.63, 3.8) is 0 Å². The second-order valence-corrected chi connectivity index (χ2v) is 6.57. The Balaban J connectivity index is 1.54. The molecule has 0 radical (unpaired) electrons. The van der Waals surface area contributed by atoms with Gasteiger partial charge in [-0.1, -0.05) is 30.3 Å². The van der Waals surface area contributed by atoms with Crippen LogP contribution in [0, 0.1) is 13.8 Å². The van der Waals surface area contributed by atoms with Gasteiger partial charge in [-0.15, -0.1) is 0 Å². The summed E-state index contributed by atoms with van der Waals surface area (Å²) < 4.78 is 1.97. The lowest BCUT2D eigenvalue weighted by atomic mass is 10.1. The fourth-order valence-corrected chi connectivity index (χ4v) is 2.99. The molecule has 5 nitrogen and oxygen atoms in total. The second-order valence-electron chi connectivity index (χ2n) is 6.57. The summed E-state index contributed by atoms with van der Waals surface area (Å²) in [4.78, 5) is 17.0. The Labute approximate surface area is 157 Å². The summed E-state index contributed by atoms with van der Waals surface area (Å²) in [6.07, 6.45) is 3.94. The van der Waals surface area contributed by atoms with Gasteiger partial charge in [0.2, 0.25) is 0 Å². The molecule has 2 aromatic carbocycles. The molecule has 0 saturated heterocycles. The number of hydrogen-bond donors (Lipinski definition) is 2. The molecule has 0 atom stereocenters. The van der Waals surface area contributed by atoms with Gasteiger partial charge in [0.25, 0.3) is 0 Å². The summed E-state index contributed by atoms with van der Waals surface area (Å²) in [5, 5.41) is 5.81. The van der Waals surface area contributed by atoms with Crippen molar-refractivity contribution in [3.8, 4) is 11.3 Å². The van der Waals surface area contributed by atoms with Gasteiger partial charge >= 0.3 is 6.03 Å². The highest BCUT2D eigenvalue weighted by Crippen LogP contribution is 2.23. The van der Waals surface area contributed by atoms with E-state index in [0.717, 1.165) is 33.7 Å². The van der Waals surface area contributed by atoms with E-state index in [4.69, 9.17) is 0 Å². The van der Waals surface area contributed by atoms with E-state index in [0.29, 0.717) is 5.69 Å². The molecule has 0 bridgehead atoms. The number of urea groups is 1. The number of fused-ring (bicyclic) bond motifs is 1. The Morgan fingerprint density at radius 3 is 2.70 bits per heavy atom. The molecule has 27 heavy (non-hydrogen) atoms. The van der Waals surface area contributed by atoms with Crippen LogP contribution in [0.3, 0.4) is 0 Å². The zero-order valence-corrected chi connectivity index (χ0v) is 15.2. The Morgan fingerprint density at radius 1 is 0.963 bits per heavy atom. The van der Waals surface area contributed by atoms with Crippen molar-refractivity contribution in [2.45, 2.75) is 13.8 Å². The summed E-state index contributed by atoms with van der Waals surface area (Å²) >= 11 is 0. The number of amides is 2. The van der Waals surface area contributed by atoms with Crippen LogP contribution >= 0.6 is 0 Å². The number of nitrogens with one attached hydrogen (secondary N) is 2. The predicted molar refractivity (Wildman–Crippen MR) is 109 cm³/mol. The summed E-state index contributed by atoms with van der Waals surface area (Å²) in [5.74, 6) is 0. The highest BCUT2D eigenvalue weighted by molar-refractivity contribution is 6.00. The topological polar surface area (TPSA) is 58.4 Å². The van der Waals surface area contributed by atoms with E-state index in [1.807, 2.05) is 91.3 Å². The Bertz CT molecular complexity index is 1100. The summed E-state index contributed by atoms with van der Waals surface area (Å²) in [5.41, 5.74) is 6.34. The molecule has 0 saturated carbocycles. The van der Waals surface area contributed by atoms with Crippen LogP contribution in [0.5, 0.6) is 0 Å². The maximum absolute atomic E-state index is 12.4. The molecule has 4 aromatic rings. The van der Waals surface area contributed by atoms with Gasteiger partial charge in [0.05, 0.1) is 5.69 Å². The average molecular weight is 356 g/mol. The lowest BCUT2D eigenvalue weighted by molar-refractivity contribution is 0.262. The van der Waals surface area contributed by atoms with Crippen molar-refractivity contribution < 1.29 is 4.79 Å². The smallest absolute Gasteiger partial charge is 0.308 e. The number of benzene rings is 2. The molecule has 0 aliphatic heterocycles. The van der Waals surface area contributed by atoms with Gasteiger partial charge in [0.15, 0.2) is 0 Å². The molecule has 134 valence electrons. The standard InChI is InChI=1S/C22H20N4O/c1-15-9-10-16(2)19(12-15)25-22(27)23-18-7-5-6-17(13-18)20-14-26-11-4-3-8-21(26)24-20/h3-14H,1-2H3,(H2,23,25,27). The largest absolute Gasteiger partial charge is 0.323 e. The van der Waals surface area contributed by atoms with Crippen molar-refractivity contribution in [2.24, 2.45) is 0 Å². The number of nitrogens with zero attached hydrogens (tertiary/aromatic N) is 2. The predicted octanol–water partition coefficient (Wildman–Crippen LogP) is 5.26. The number of carbonyl (C=O) groups excluding carboxylic acids is 1. The van der Waals surface area contributed by atoms with E-state index in [1.54, 1.807) is 0 Å². The first-order chi connectivity index (χ1) is 13.1. The summed E-state index contributed by atoms with van der Waals surface area (Å²) in [6, 6.07) is 19.3. The van der Waals surface area contributed by atoms with Gasteiger partial charge in [0.1, 0.15) is 5.65 Å². The third-order valence-corrected chi connectivity index (χ3v) is 4.42. The van der Waals surface area contributed by atoms with Gasteiger partial charge in [-0.05, 0) is 55.3 Å². The number of aromatic nitrogens is 2. The first-order valence-electron chi connectivity index (χ1n) is 8.78. The van der Waals surface area contributed by atoms with Crippen LogP contribution in [-0.4, -0.2) is 15.4 Å². The summed E-state index contributed by atoms with van der Waals surface area (Å²) in [7, 11) is 0. The molecular formula is C22H20N4O. The minimum atomic E-state index is -0.268. The molecule has 2 N–H and O–H groups in total. The maximum atomic E-state index is 12.4. The molecule has 0 aliphatic carbocycles. The lowest BCUT2D eigenvalue weighted by Gasteiger charge is -2.11. The Morgan fingerprint density at radius 2 is 1.85 bits per heavy atom. The molecule has 2 heterocycles. The van der Waals surface area contributed by atoms with Crippen molar-refractivity contribution in [3.05, 3.63) is 84.2 Å².